The Morgan fingerprint density at radius 1 is 1.04 bits per heavy atom. The molecule has 0 fully saturated rings. The van der Waals surface area contributed by atoms with Crippen molar-refractivity contribution < 1.29 is 14.3 Å². The number of amides is 2. The number of para-hydroxylation sites is 2. The summed E-state index contributed by atoms with van der Waals surface area (Å²) in [6, 6.07) is 16.2. The maximum atomic E-state index is 12.3. The van der Waals surface area contributed by atoms with Crippen LogP contribution in [0.15, 0.2) is 60.8 Å². The highest BCUT2D eigenvalue weighted by Gasteiger charge is 2.13. The van der Waals surface area contributed by atoms with Gasteiger partial charge in [-0.3, -0.25) is 14.6 Å². The minimum atomic E-state index is -0.361. The Bertz CT molecular complexity index is 935. The van der Waals surface area contributed by atoms with Gasteiger partial charge in [-0.2, -0.15) is 0 Å². The van der Waals surface area contributed by atoms with E-state index in [0.717, 1.165) is 5.39 Å². The van der Waals surface area contributed by atoms with Crippen LogP contribution in [0.4, 0.5) is 5.69 Å². The van der Waals surface area contributed by atoms with Gasteiger partial charge in [0.2, 0.25) is 5.91 Å². The molecule has 132 valence electrons. The number of rotatable bonds is 6. The van der Waals surface area contributed by atoms with E-state index in [0.29, 0.717) is 29.1 Å². The van der Waals surface area contributed by atoms with Crippen LogP contribution in [0.3, 0.4) is 0 Å². The summed E-state index contributed by atoms with van der Waals surface area (Å²) < 4.78 is 5.44. The number of benzene rings is 2. The van der Waals surface area contributed by atoms with Gasteiger partial charge < -0.3 is 15.4 Å². The molecule has 2 amide bonds. The molecule has 6 heteroatoms. The van der Waals surface area contributed by atoms with Crippen molar-refractivity contribution in [2.24, 2.45) is 0 Å². The van der Waals surface area contributed by atoms with E-state index in [1.54, 1.807) is 36.5 Å². The molecule has 0 atom stereocenters. The molecule has 0 radical (unpaired) electrons. The predicted molar refractivity (Wildman–Crippen MR) is 100 cm³/mol. The van der Waals surface area contributed by atoms with E-state index in [2.05, 4.69) is 15.6 Å². The second kappa shape index (κ2) is 8.11. The van der Waals surface area contributed by atoms with E-state index in [1.807, 2.05) is 31.2 Å². The summed E-state index contributed by atoms with van der Waals surface area (Å²) in [5, 5.41) is 6.33. The molecule has 0 bridgehead atoms. The molecule has 0 spiro atoms. The van der Waals surface area contributed by atoms with Gasteiger partial charge in [0.25, 0.3) is 5.91 Å². The van der Waals surface area contributed by atoms with E-state index in [4.69, 9.17) is 4.74 Å². The first kappa shape index (κ1) is 17.4. The van der Waals surface area contributed by atoms with Crippen LogP contribution in [0, 0.1) is 0 Å². The van der Waals surface area contributed by atoms with Crippen molar-refractivity contribution in [1.82, 2.24) is 10.3 Å². The van der Waals surface area contributed by atoms with Crippen molar-refractivity contribution >= 4 is 28.4 Å². The number of aromatic nitrogens is 1. The van der Waals surface area contributed by atoms with Crippen LogP contribution in [0.5, 0.6) is 5.75 Å². The number of anilines is 1. The van der Waals surface area contributed by atoms with Crippen LogP contribution < -0.4 is 15.4 Å². The van der Waals surface area contributed by atoms with Gasteiger partial charge in [0, 0.05) is 11.6 Å². The Morgan fingerprint density at radius 2 is 1.85 bits per heavy atom. The molecule has 0 aliphatic rings. The van der Waals surface area contributed by atoms with Gasteiger partial charge in [-0.25, -0.2) is 0 Å². The second-order valence-electron chi connectivity index (χ2n) is 5.54. The quantitative estimate of drug-likeness (QED) is 0.717. The number of pyridine rings is 1. The first-order chi connectivity index (χ1) is 12.7. The van der Waals surface area contributed by atoms with E-state index in [9.17, 15) is 9.59 Å². The maximum absolute atomic E-state index is 12.3. The van der Waals surface area contributed by atoms with Crippen molar-refractivity contribution in [3.63, 3.8) is 0 Å². The molecule has 1 heterocycles. The van der Waals surface area contributed by atoms with Crippen molar-refractivity contribution in [3.8, 4) is 5.75 Å². The van der Waals surface area contributed by atoms with E-state index in [1.165, 1.54) is 0 Å². The van der Waals surface area contributed by atoms with Crippen molar-refractivity contribution in [2.75, 3.05) is 18.5 Å². The zero-order valence-electron chi connectivity index (χ0n) is 14.4. The lowest BCUT2D eigenvalue weighted by atomic mass is 10.2. The predicted octanol–water partition coefficient (Wildman–Crippen LogP) is 3.00. The zero-order valence-corrected chi connectivity index (χ0v) is 14.4. The van der Waals surface area contributed by atoms with Gasteiger partial charge in [0.15, 0.2) is 0 Å². The summed E-state index contributed by atoms with van der Waals surface area (Å²) in [4.78, 5) is 28.8. The first-order valence-electron chi connectivity index (χ1n) is 8.32. The van der Waals surface area contributed by atoms with Gasteiger partial charge in [0.1, 0.15) is 5.75 Å². The minimum Gasteiger partial charge on any atom is -0.493 e. The smallest absolute Gasteiger partial charge is 0.255 e. The molecule has 0 aliphatic carbocycles. The molecule has 3 aromatic rings. The molecule has 0 saturated carbocycles. The van der Waals surface area contributed by atoms with Gasteiger partial charge in [-0.1, -0.05) is 30.3 Å². The van der Waals surface area contributed by atoms with E-state index in [-0.39, 0.29) is 18.4 Å². The molecule has 3 rings (SSSR count). The highest BCUT2D eigenvalue weighted by atomic mass is 16.5. The van der Waals surface area contributed by atoms with Gasteiger partial charge in [0.05, 0.1) is 29.9 Å². The number of carbonyl (C=O) groups excluding carboxylic acids is 2. The zero-order chi connectivity index (χ0) is 18.4. The van der Waals surface area contributed by atoms with Crippen LogP contribution >= 0.6 is 0 Å². The number of nitrogens with zero attached hydrogens (tertiary/aromatic N) is 1. The summed E-state index contributed by atoms with van der Waals surface area (Å²) in [7, 11) is 0. The molecular weight excluding hydrogens is 330 g/mol. The first-order valence-corrected chi connectivity index (χ1v) is 8.32. The number of hydrogen-bond acceptors (Lipinski definition) is 4. The fraction of sp³-hybridized carbons (Fsp3) is 0.150. The third-order valence-corrected chi connectivity index (χ3v) is 3.75. The van der Waals surface area contributed by atoms with Crippen LogP contribution in [0.2, 0.25) is 0 Å². The minimum absolute atomic E-state index is 0.150. The largest absolute Gasteiger partial charge is 0.493 e. The Hall–Kier alpha value is -3.41. The summed E-state index contributed by atoms with van der Waals surface area (Å²) in [5.74, 6) is -0.197. The van der Waals surface area contributed by atoms with Crippen LogP contribution in [-0.4, -0.2) is 29.9 Å². The lowest BCUT2D eigenvalue weighted by molar-refractivity contribution is -0.115. The lowest BCUT2D eigenvalue weighted by Gasteiger charge is -2.11. The number of hydrogen-bond donors (Lipinski definition) is 2. The Morgan fingerprint density at radius 3 is 2.69 bits per heavy atom. The number of fused-ring (bicyclic) bond motifs is 1. The Kier molecular flexibility index (Phi) is 5.43. The number of nitrogens with one attached hydrogen (secondary N) is 2. The van der Waals surface area contributed by atoms with Crippen LogP contribution in [0.25, 0.3) is 10.9 Å². The summed E-state index contributed by atoms with van der Waals surface area (Å²) >= 11 is 0. The average Bonchev–Trinajstić information content (AvgIpc) is 2.67. The molecule has 0 aliphatic heterocycles. The summed E-state index contributed by atoms with van der Waals surface area (Å²) in [6.07, 6.45) is 1.67. The standard InChI is InChI=1S/C20H19N3O3/c1-2-26-17-11-4-3-9-15(17)20(25)22-13-18(24)23-16-10-5-7-14-8-6-12-21-19(14)16/h3-12H,2,13H2,1H3,(H,22,25)(H,23,24). The van der Waals surface area contributed by atoms with E-state index >= 15 is 0 Å². The average molecular weight is 349 g/mol. The number of ether oxygens (including phenoxy) is 1. The highest BCUT2D eigenvalue weighted by Crippen LogP contribution is 2.20. The Labute approximate surface area is 151 Å². The van der Waals surface area contributed by atoms with Crippen molar-refractivity contribution in [3.05, 3.63) is 66.4 Å². The van der Waals surface area contributed by atoms with Gasteiger partial charge in [-0.05, 0) is 31.2 Å². The van der Waals surface area contributed by atoms with Crippen molar-refractivity contribution in [1.29, 1.82) is 0 Å². The molecule has 0 unspecified atom stereocenters. The highest BCUT2D eigenvalue weighted by molar-refractivity contribution is 6.03. The van der Waals surface area contributed by atoms with Gasteiger partial charge >= 0.3 is 0 Å². The summed E-state index contributed by atoms with van der Waals surface area (Å²) in [5.41, 5.74) is 1.71. The SMILES string of the molecule is CCOc1ccccc1C(=O)NCC(=O)Nc1cccc2cccnc12. The third-order valence-electron chi connectivity index (χ3n) is 3.75. The molecule has 2 aromatic carbocycles. The van der Waals surface area contributed by atoms with Crippen molar-refractivity contribution in [2.45, 2.75) is 6.92 Å². The lowest BCUT2D eigenvalue weighted by Crippen LogP contribution is -2.33. The fourth-order valence-electron chi connectivity index (χ4n) is 2.59. The molecule has 6 nitrogen and oxygen atoms in total. The molecule has 1 aromatic heterocycles. The van der Waals surface area contributed by atoms with Gasteiger partial charge in [-0.15, -0.1) is 0 Å². The molecule has 0 saturated heterocycles. The molecule has 26 heavy (non-hydrogen) atoms. The second-order valence-corrected chi connectivity index (χ2v) is 5.54. The van der Waals surface area contributed by atoms with Crippen LogP contribution in [0.1, 0.15) is 17.3 Å². The summed E-state index contributed by atoms with van der Waals surface area (Å²) in [6.45, 7) is 2.15. The Balaban J connectivity index is 1.65. The molecule has 2 N–H and O–H groups in total. The number of carbonyl (C=O) groups is 2. The normalized spacial score (nSPS) is 10.3. The fourth-order valence-corrected chi connectivity index (χ4v) is 2.59. The van der Waals surface area contributed by atoms with E-state index < -0.39 is 0 Å². The topological polar surface area (TPSA) is 80.3 Å². The van der Waals surface area contributed by atoms with Crippen LogP contribution in [-0.2, 0) is 4.79 Å². The third kappa shape index (κ3) is 3.97. The maximum Gasteiger partial charge on any atom is 0.255 e. The monoisotopic (exact) mass is 349 g/mol. The molecular formula is C20H19N3O3.